The minimum Gasteiger partial charge on any atom is -0.365 e. The van der Waals surface area contributed by atoms with E-state index in [0.717, 1.165) is 31.8 Å². The number of thioether (sulfide) groups is 1. The van der Waals surface area contributed by atoms with E-state index < -0.39 is 0 Å². The Morgan fingerprint density at radius 2 is 1.90 bits per heavy atom. The van der Waals surface area contributed by atoms with Crippen LogP contribution >= 0.6 is 11.8 Å². The summed E-state index contributed by atoms with van der Waals surface area (Å²) in [6, 6.07) is 5.49. The number of anilines is 1. The van der Waals surface area contributed by atoms with E-state index in [0.29, 0.717) is 28.2 Å². The normalized spacial score (nSPS) is 16.3. The Morgan fingerprint density at radius 3 is 2.55 bits per heavy atom. The lowest BCUT2D eigenvalue weighted by Gasteiger charge is -2.31. The molecule has 4 rings (SSSR count). The zero-order valence-corrected chi connectivity index (χ0v) is 18.9. The second-order valence-corrected chi connectivity index (χ2v) is 8.71. The molecule has 0 radical (unpaired) electrons. The van der Waals surface area contributed by atoms with Crippen LogP contribution < -0.4 is 4.90 Å². The molecular formula is C21H26FN5O3S. The van der Waals surface area contributed by atoms with Crippen LogP contribution in [0.2, 0.25) is 0 Å². The molecule has 0 aliphatic carbocycles. The van der Waals surface area contributed by atoms with Crippen molar-refractivity contribution in [3.8, 4) is 11.4 Å². The Bertz CT molecular complexity index is 1020. The molecule has 0 N–H and O–H groups in total. The van der Waals surface area contributed by atoms with Crippen LogP contribution in [0.1, 0.15) is 57.3 Å². The van der Waals surface area contributed by atoms with Crippen molar-refractivity contribution >= 4 is 17.8 Å². The van der Waals surface area contributed by atoms with Gasteiger partial charge in [-0.1, -0.05) is 24.2 Å². The Kier molecular flexibility index (Phi) is 6.57. The highest BCUT2D eigenvalue weighted by Crippen LogP contribution is 2.28. The van der Waals surface area contributed by atoms with E-state index >= 15 is 0 Å². The lowest BCUT2D eigenvalue weighted by atomic mass is 10.1. The third kappa shape index (κ3) is 4.90. The first kappa shape index (κ1) is 21.8. The van der Waals surface area contributed by atoms with Gasteiger partial charge in [0, 0.05) is 29.5 Å². The van der Waals surface area contributed by atoms with E-state index in [4.69, 9.17) is 13.8 Å². The molecule has 3 heterocycles. The highest BCUT2D eigenvalue weighted by molar-refractivity contribution is 7.98. The maximum Gasteiger partial charge on any atom is 0.324 e. The fourth-order valence-corrected chi connectivity index (χ4v) is 3.90. The van der Waals surface area contributed by atoms with Gasteiger partial charge in [0.15, 0.2) is 5.82 Å². The average Bonchev–Trinajstić information content (AvgIpc) is 3.45. The number of nitrogens with zero attached hydrogens (tertiary/aromatic N) is 5. The minimum absolute atomic E-state index is 0.0624. The van der Waals surface area contributed by atoms with E-state index in [1.807, 2.05) is 27.0 Å². The predicted molar refractivity (Wildman–Crippen MR) is 115 cm³/mol. The van der Waals surface area contributed by atoms with Crippen molar-refractivity contribution in [2.75, 3.05) is 24.2 Å². The van der Waals surface area contributed by atoms with Crippen LogP contribution in [0.3, 0.4) is 0 Å². The maximum atomic E-state index is 14.1. The number of aromatic nitrogens is 4. The molecule has 1 fully saturated rings. The summed E-state index contributed by atoms with van der Waals surface area (Å²) in [5.41, 5.74) is 0.575. The molecule has 2 aromatic heterocycles. The quantitative estimate of drug-likeness (QED) is 0.471. The van der Waals surface area contributed by atoms with Crippen molar-refractivity contribution in [2.45, 2.75) is 56.6 Å². The second-order valence-electron chi connectivity index (χ2n) is 7.86. The first-order valence-corrected chi connectivity index (χ1v) is 11.6. The maximum absolute atomic E-state index is 14.1. The van der Waals surface area contributed by atoms with Crippen molar-refractivity contribution in [2.24, 2.45) is 0 Å². The highest BCUT2D eigenvalue weighted by atomic mass is 32.2. The van der Waals surface area contributed by atoms with Crippen LogP contribution in [0.4, 0.5) is 10.4 Å². The Balaban J connectivity index is 1.33. The van der Waals surface area contributed by atoms with Crippen LogP contribution in [0.5, 0.6) is 0 Å². The van der Waals surface area contributed by atoms with Crippen molar-refractivity contribution in [1.82, 2.24) is 20.3 Å². The van der Waals surface area contributed by atoms with E-state index in [1.54, 1.807) is 12.1 Å². The lowest BCUT2D eigenvalue weighted by Crippen LogP contribution is -2.37. The summed E-state index contributed by atoms with van der Waals surface area (Å²) in [5.74, 6) is 1.39. The summed E-state index contributed by atoms with van der Waals surface area (Å²) in [6.07, 6.45) is 3.19. The number of piperidine rings is 1. The fourth-order valence-electron chi connectivity index (χ4n) is 3.44. The van der Waals surface area contributed by atoms with Gasteiger partial charge in [-0.25, -0.2) is 4.39 Å². The van der Waals surface area contributed by atoms with Gasteiger partial charge in [0.1, 0.15) is 11.9 Å². The summed E-state index contributed by atoms with van der Waals surface area (Å²) in [5, 5.41) is 8.02. The second kappa shape index (κ2) is 9.35. The van der Waals surface area contributed by atoms with Gasteiger partial charge in [-0.05, 0) is 44.2 Å². The van der Waals surface area contributed by atoms with Crippen LogP contribution in [-0.4, -0.2) is 45.7 Å². The SMILES string of the molecule is CSc1ccc(-c2noc(C(C)OC3CCN(c4nc(C(C)C)no4)CC3)n2)cc1F. The molecule has 1 aliphatic rings. The third-order valence-electron chi connectivity index (χ3n) is 5.26. The van der Waals surface area contributed by atoms with E-state index in [-0.39, 0.29) is 23.9 Å². The summed E-state index contributed by atoms with van der Waals surface area (Å²) in [4.78, 5) is 11.5. The van der Waals surface area contributed by atoms with Crippen molar-refractivity contribution in [3.63, 3.8) is 0 Å². The molecule has 1 atom stereocenters. The molecule has 0 spiro atoms. The predicted octanol–water partition coefficient (Wildman–Crippen LogP) is 4.85. The van der Waals surface area contributed by atoms with Crippen LogP contribution in [0.25, 0.3) is 11.4 Å². The number of ether oxygens (including phenoxy) is 1. The number of hydrogen-bond acceptors (Lipinski definition) is 9. The molecular weight excluding hydrogens is 421 g/mol. The van der Waals surface area contributed by atoms with Crippen LogP contribution in [0, 0.1) is 5.82 Å². The third-order valence-corrected chi connectivity index (χ3v) is 6.03. The molecule has 0 saturated carbocycles. The molecule has 1 aromatic carbocycles. The lowest BCUT2D eigenvalue weighted by molar-refractivity contribution is -0.0303. The molecule has 1 unspecified atom stereocenters. The summed E-state index contributed by atoms with van der Waals surface area (Å²) in [7, 11) is 0. The first-order valence-electron chi connectivity index (χ1n) is 10.4. The fraction of sp³-hybridized carbons (Fsp3) is 0.524. The molecule has 31 heavy (non-hydrogen) atoms. The van der Waals surface area contributed by atoms with E-state index in [2.05, 4.69) is 25.2 Å². The largest absolute Gasteiger partial charge is 0.365 e. The molecule has 0 amide bonds. The molecule has 3 aromatic rings. The van der Waals surface area contributed by atoms with Gasteiger partial charge in [-0.2, -0.15) is 9.97 Å². The topological polar surface area (TPSA) is 90.3 Å². The van der Waals surface area contributed by atoms with Crippen molar-refractivity contribution in [1.29, 1.82) is 0 Å². The van der Waals surface area contributed by atoms with E-state index in [9.17, 15) is 4.39 Å². The number of benzene rings is 1. The van der Waals surface area contributed by atoms with Gasteiger partial charge in [-0.15, -0.1) is 11.8 Å². The van der Waals surface area contributed by atoms with Crippen LogP contribution in [0.15, 0.2) is 32.1 Å². The van der Waals surface area contributed by atoms with Gasteiger partial charge < -0.3 is 18.7 Å². The number of hydrogen-bond donors (Lipinski definition) is 0. The smallest absolute Gasteiger partial charge is 0.324 e. The van der Waals surface area contributed by atoms with Gasteiger partial charge in [0.2, 0.25) is 5.82 Å². The van der Waals surface area contributed by atoms with Gasteiger partial charge in [0.25, 0.3) is 5.89 Å². The van der Waals surface area contributed by atoms with Gasteiger partial charge in [-0.3, -0.25) is 0 Å². The minimum atomic E-state index is -0.357. The Morgan fingerprint density at radius 1 is 1.13 bits per heavy atom. The Hall–Kier alpha value is -2.46. The van der Waals surface area contributed by atoms with Gasteiger partial charge in [0.05, 0.1) is 6.10 Å². The molecule has 1 aliphatic heterocycles. The zero-order chi connectivity index (χ0) is 22.0. The standard InChI is InChI=1S/C21H26FN5O3S/c1-12(2)18-24-21(30-25-18)27-9-7-15(8-10-27)28-13(3)20-23-19(26-29-20)14-5-6-17(31-4)16(22)11-14/h5-6,11-13,15H,7-10H2,1-4H3. The molecule has 0 bridgehead atoms. The summed E-state index contributed by atoms with van der Waals surface area (Å²) < 4.78 is 31.0. The molecule has 1 saturated heterocycles. The van der Waals surface area contributed by atoms with Crippen molar-refractivity contribution in [3.05, 3.63) is 35.7 Å². The summed E-state index contributed by atoms with van der Waals surface area (Å²) in [6.45, 7) is 7.50. The zero-order valence-electron chi connectivity index (χ0n) is 18.0. The van der Waals surface area contributed by atoms with Crippen LogP contribution in [-0.2, 0) is 4.74 Å². The highest BCUT2D eigenvalue weighted by Gasteiger charge is 2.27. The molecule has 166 valence electrons. The van der Waals surface area contributed by atoms with Gasteiger partial charge >= 0.3 is 6.01 Å². The monoisotopic (exact) mass is 447 g/mol. The first-order chi connectivity index (χ1) is 14.9. The molecule has 10 heteroatoms. The Labute approximate surface area is 184 Å². The van der Waals surface area contributed by atoms with Crippen molar-refractivity contribution < 1.29 is 18.2 Å². The van der Waals surface area contributed by atoms with E-state index in [1.165, 1.54) is 17.8 Å². The average molecular weight is 448 g/mol. The number of rotatable bonds is 7. The summed E-state index contributed by atoms with van der Waals surface area (Å²) >= 11 is 1.35. The molecule has 8 nitrogen and oxygen atoms in total. The number of halogens is 1.